The first-order valence-electron chi connectivity index (χ1n) is 16.0. The summed E-state index contributed by atoms with van der Waals surface area (Å²) < 4.78 is 41.7. The molecule has 0 radical (unpaired) electrons. The molecule has 3 aromatic carbocycles. The number of rotatable bonds is 9. The molecule has 0 saturated carbocycles. The second kappa shape index (κ2) is 17.4. The number of ether oxygens (including phenoxy) is 2. The van der Waals surface area contributed by atoms with Crippen LogP contribution in [-0.4, -0.2) is 80.8 Å². The summed E-state index contributed by atoms with van der Waals surface area (Å²) in [6.07, 6.45) is 1.98. The van der Waals surface area contributed by atoms with Crippen molar-refractivity contribution in [1.82, 2.24) is 9.80 Å². The summed E-state index contributed by atoms with van der Waals surface area (Å²) in [6, 6.07) is 15.5. The van der Waals surface area contributed by atoms with Crippen molar-refractivity contribution in [2.75, 3.05) is 38.1 Å². The van der Waals surface area contributed by atoms with Gasteiger partial charge in [0.25, 0.3) is 15.9 Å². The molecule has 0 fully saturated rings. The standard InChI is InChI=1S/C35H44Cl3N3O6S/c1-23-19-41(24(2)22-42)35(43)30-18-28(39-48(44,45)29-12-9-27(36)10-13-29)11-15-33(30)47-25(3)7-5-6-16-46-34(23)21-40(4)20-26-8-14-31(37)32(38)17-26/h8-15,17-18,23-25,34,39,42H,5-7,16,19-22H2,1-4H3/t23-,24+,25-,34-/m1/s1. The van der Waals surface area contributed by atoms with E-state index in [1.165, 1.54) is 30.3 Å². The Bertz CT molecular complexity index is 1640. The zero-order valence-corrected chi connectivity index (χ0v) is 30.7. The molecule has 1 aliphatic rings. The Balaban J connectivity index is 1.63. The monoisotopic (exact) mass is 739 g/mol. The van der Waals surface area contributed by atoms with E-state index in [-0.39, 0.29) is 47.4 Å². The summed E-state index contributed by atoms with van der Waals surface area (Å²) in [7, 11) is -1.97. The number of nitrogens with one attached hydrogen (secondary N) is 1. The van der Waals surface area contributed by atoms with Crippen LogP contribution in [0.2, 0.25) is 15.1 Å². The predicted molar refractivity (Wildman–Crippen MR) is 192 cm³/mol. The maximum absolute atomic E-state index is 14.4. The highest BCUT2D eigenvalue weighted by atomic mass is 35.5. The van der Waals surface area contributed by atoms with Crippen LogP contribution >= 0.6 is 34.8 Å². The lowest BCUT2D eigenvalue weighted by Gasteiger charge is -2.36. The summed E-state index contributed by atoms with van der Waals surface area (Å²) in [5, 5.41) is 11.6. The summed E-state index contributed by atoms with van der Waals surface area (Å²) in [6.45, 7) is 7.52. The van der Waals surface area contributed by atoms with Crippen LogP contribution in [0, 0.1) is 5.92 Å². The predicted octanol–water partition coefficient (Wildman–Crippen LogP) is 7.38. The minimum atomic E-state index is -3.97. The van der Waals surface area contributed by atoms with Gasteiger partial charge in [0.15, 0.2) is 0 Å². The van der Waals surface area contributed by atoms with Crippen LogP contribution in [0.15, 0.2) is 65.6 Å². The third kappa shape index (κ3) is 10.5. The highest BCUT2D eigenvalue weighted by Gasteiger charge is 2.31. The molecular weight excluding hydrogens is 697 g/mol. The minimum Gasteiger partial charge on any atom is -0.490 e. The van der Waals surface area contributed by atoms with Gasteiger partial charge in [0.1, 0.15) is 5.75 Å². The second-order valence-electron chi connectivity index (χ2n) is 12.5. The number of likely N-dealkylation sites (N-methyl/N-ethyl adjacent to an activating group) is 1. The Kier molecular flexibility index (Phi) is 13.8. The number of hydrogen-bond donors (Lipinski definition) is 2. The highest BCUT2D eigenvalue weighted by Crippen LogP contribution is 2.30. The van der Waals surface area contributed by atoms with Crippen molar-refractivity contribution in [3.8, 4) is 5.75 Å². The molecule has 4 atom stereocenters. The number of anilines is 1. The number of benzene rings is 3. The lowest BCUT2D eigenvalue weighted by atomic mass is 10.0. The number of aliphatic hydroxyl groups excluding tert-OH is 1. The molecule has 0 unspecified atom stereocenters. The number of aliphatic hydroxyl groups is 1. The molecule has 9 nitrogen and oxygen atoms in total. The molecule has 0 saturated heterocycles. The molecule has 13 heteroatoms. The van der Waals surface area contributed by atoms with Crippen molar-refractivity contribution in [2.24, 2.45) is 5.92 Å². The number of amides is 1. The molecule has 2 N–H and O–H groups in total. The molecular formula is C35H44Cl3N3O6S. The van der Waals surface area contributed by atoms with E-state index in [0.29, 0.717) is 40.5 Å². The normalized spacial score (nSPS) is 20.5. The van der Waals surface area contributed by atoms with Crippen LogP contribution < -0.4 is 9.46 Å². The zero-order chi connectivity index (χ0) is 35.0. The average Bonchev–Trinajstić information content (AvgIpc) is 3.04. The van der Waals surface area contributed by atoms with E-state index < -0.39 is 22.0 Å². The number of halogens is 3. The summed E-state index contributed by atoms with van der Waals surface area (Å²) in [5.74, 6) is -0.175. The SMILES string of the molecule is C[C@@H]1CCCCO[C@H](CN(C)Cc2ccc(Cl)c(Cl)c2)[C@H](C)CN([C@@H](C)CO)C(=O)c2cc(NS(=O)(=O)c3ccc(Cl)cc3)ccc2O1. The van der Waals surface area contributed by atoms with Gasteiger partial charge in [-0.05, 0) is 100 Å². The molecule has 0 spiro atoms. The summed E-state index contributed by atoms with van der Waals surface area (Å²) in [5.41, 5.74) is 1.40. The van der Waals surface area contributed by atoms with Gasteiger partial charge >= 0.3 is 0 Å². The number of sulfonamides is 1. The maximum atomic E-state index is 14.4. The quantitative estimate of drug-likeness (QED) is 0.236. The van der Waals surface area contributed by atoms with E-state index in [1.54, 1.807) is 30.0 Å². The van der Waals surface area contributed by atoms with Crippen LogP contribution in [-0.2, 0) is 21.3 Å². The van der Waals surface area contributed by atoms with E-state index in [0.717, 1.165) is 24.8 Å². The molecule has 1 heterocycles. The molecule has 1 aliphatic heterocycles. The van der Waals surface area contributed by atoms with Gasteiger partial charge in [-0.25, -0.2) is 8.42 Å². The summed E-state index contributed by atoms with van der Waals surface area (Å²) in [4.78, 5) is 18.2. The third-order valence-electron chi connectivity index (χ3n) is 8.36. The van der Waals surface area contributed by atoms with Crippen LogP contribution in [0.3, 0.4) is 0 Å². The number of fused-ring (bicyclic) bond motifs is 1. The van der Waals surface area contributed by atoms with Crippen molar-refractivity contribution < 1.29 is 27.8 Å². The molecule has 4 rings (SSSR count). The fraction of sp³-hybridized carbons (Fsp3) is 0.457. The van der Waals surface area contributed by atoms with Crippen molar-refractivity contribution in [3.05, 3.63) is 86.9 Å². The average molecular weight is 741 g/mol. The van der Waals surface area contributed by atoms with Crippen LogP contribution in [0.5, 0.6) is 5.75 Å². The second-order valence-corrected chi connectivity index (χ2v) is 15.4. The molecule has 48 heavy (non-hydrogen) atoms. The first kappa shape index (κ1) is 38.2. The molecule has 0 aromatic heterocycles. The number of carbonyl (C=O) groups is 1. The summed E-state index contributed by atoms with van der Waals surface area (Å²) >= 11 is 18.3. The fourth-order valence-corrected chi connectivity index (χ4v) is 7.09. The molecule has 1 amide bonds. The largest absolute Gasteiger partial charge is 0.490 e. The van der Waals surface area contributed by atoms with Crippen molar-refractivity contribution in [2.45, 2.75) is 69.7 Å². The van der Waals surface area contributed by atoms with Crippen LogP contribution in [0.4, 0.5) is 5.69 Å². The Morgan fingerprint density at radius 2 is 1.75 bits per heavy atom. The lowest BCUT2D eigenvalue weighted by Crippen LogP contribution is -2.47. The van der Waals surface area contributed by atoms with E-state index in [2.05, 4.69) is 9.62 Å². The first-order chi connectivity index (χ1) is 22.8. The Morgan fingerprint density at radius 1 is 1.02 bits per heavy atom. The van der Waals surface area contributed by atoms with E-state index >= 15 is 0 Å². The Labute approximate surface area is 299 Å². The highest BCUT2D eigenvalue weighted by molar-refractivity contribution is 7.92. The topological polar surface area (TPSA) is 108 Å². The van der Waals surface area contributed by atoms with Gasteiger partial charge in [-0.3, -0.25) is 14.4 Å². The minimum absolute atomic E-state index is 0.0303. The lowest BCUT2D eigenvalue weighted by molar-refractivity contribution is -0.0177. The van der Waals surface area contributed by atoms with Crippen LogP contribution in [0.25, 0.3) is 0 Å². The van der Waals surface area contributed by atoms with Gasteiger partial charge in [-0.1, -0.05) is 47.8 Å². The number of hydrogen-bond acceptors (Lipinski definition) is 7. The molecule has 0 aliphatic carbocycles. The van der Waals surface area contributed by atoms with Crippen molar-refractivity contribution in [3.63, 3.8) is 0 Å². The van der Waals surface area contributed by atoms with E-state index in [4.69, 9.17) is 44.3 Å². The third-order valence-corrected chi connectivity index (χ3v) is 10.7. The van der Waals surface area contributed by atoms with E-state index in [9.17, 15) is 18.3 Å². The molecule has 0 bridgehead atoms. The van der Waals surface area contributed by atoms with Gasteiger partial charge in [0.2, 0.25) is 0 Å². The van der Waals surface area contributed by atoms with Crippen LogP contribution in [0.1, 0.15) is 56.0 Å². The Morgan fingerprint density at radius 3 is 2.44 bits per heavy atom. The molecule has 3 aromatic rings. The Hall–Kier alpha value is -2.57. The fourth-order valence-electron chi connectivity index (χ4n) is 5.60. The van der Waals surface area contributed by atoms with Crippen molar-refractivity contribution >= 4 is 56.4 Å². The van der Waals surface area contributed by atoms with Gasteiger partial charge in [0.05, 0.1) is 45.4 Å². The molecule has 262 valence electrons. The van der Waals surface area contributed by atoms with Gasteiger partial charge in [0, 0.05) is 42.9 Å². The van der Waals surface area contributed by atoms with E-state index in [1.807, 2.05) is 33.0 Å². The number of carbonyl (C=O) groups excluding carboxylic acids is 1. The van der Waals surface area contributed by atoms with Gasteiger partial charge in [-0.15, -0.1) is 0 Å². The smallest absolute Gasteiger partial charge is 0.261 e. The van der Waals surface area contributed by atoms with Gasteiger partial charge in [-0.2, -0.15) is 0 Å². The zero-order valence-electron chi connectivity index (χ0n) is 27.7. The van der Waals surface area contributed by atoms with Crippen molar-refractivity contribution in [1.29, 1.82) is 0 Å². The van der Waals surface area contributed by atoms with Gasteiger partial charge < -0.3 is 19.5 Å². The first-order valence-corrected chi connectivity index (χ1v) is 18.6. The number of nitrogens with zero attached hydrogens (tertiary/aromatic N) is 2. The maximum Gasteiger partial charge on any atom is 0.261 e.